The number of likely N-dealkylation sites (N-methyl/N-ethyl adjacent to an activating group) is 2. The van der Waals surface area contributed by atoms with Crippen LogP contribution >= 0.6 is 0 Å². The molecule has 1 aromatic rings. The fraction of sp³-hybridized carbons (Fsp3) is 0.500. The Hall–Kier alpha value is -2.41. The Morgan fingerprint density at radius 2 is 2.00 bits per heavy atom. The molecule has 0 bridgehead atoms. The SMILES string of the molecule is CCN1CCC[C@H]1CNC(=O)C(=O)N[C@@H]1C(=O)N(C)c2ccccc21. The van der Waals surface area contributed by atoms with Crippen molar-refractivity contribution in [3.05, 3.63) is 29.8 Å². The predicted molar refractivity (Wildman–Crippen MR) is 94.0 cm³/mol. The molecule has 1 aromatic carbocycles. The number of amides is 3. The van der Waals surface area contributed by atoms with Gasteiger partial charge in [0.2, 0.25) is 0 Å². The van der Waals surface area contributed by atoms with Gasteiger partial charge >= 0.3 is 11.8 Å². The first-order valence-electron chi connectivity index (χ1n) is 8.72. The van der Waals surface area contributed by atoms with Gasteiger partial charge in [0.1, 0.15) is 6.04 Å². The summed E-state index contributed by atoms with van der Waals surface area (Å²) in [7, 11) is 1.66. The molecular formula is C18H24N4O3. The van der Waals surface area contributed by atoms with Gasteiger partial charge in [-0.3, -0.25) is 19.3 Å². The lowest BCUT2D eigenvalue weighted by atomic mass is 10.1. The minimum atomic E-state index is -0.807. The van der Waals surface area contributed by atoms with Gasteiger partial charge in [-0.25, -0.2) is 0 Å². The molecule has 3 amide bonds. The molecular weight excluding hydrogens is 320 g/mol. The van der Waals surface area contributed by atoms with Gasteiger partial charge in [-0.2, -0.15) is 0 Å². The Morgan fingerprint density at radius 1 is 1.24 bits per heavy atom. The van der Waals surface area contributed by atoms with Crippen LogP contribution in [0.4, 0.5) is 5.69 Å². The molecule has 134 valence electrons. The first-order chi connectivity index (χ1) is 12.0. The molecule has 2 aliphatic heterocycles. The number of nitrogens with zero attached hydrogens (tertiary/aromatic N) is 2. The third kappa shape index (κ3) is 3.37. The van der Waals surface area contributed by atoms with Gasteiger partial charge < -0.3 is 15.5 Å². The predicted octanol–water partition coefficient (Wildman–Crippen LogP) is 0.421. The third-order valence-electron chi connectivity index (χ3n) is 5.07. The molecule has 0 aromatic heterocycles. The monoisotopic (exact) mass is 344 g/mol. The molecule has 2 N–H and O–H groups in total. The van der Waals surface area contributed by atoms with E-state index in [4.69, 9.17) is 0 Å². The van der Waals surface area contributed by atoms with Crippen LogP contribution in [0.2, 0.25) is 0 Å². The first-order valence-corrected chi connectivity index (χ1v) is 8.72. The van der Waals surface area contributed by atoms with Crippen LogP contribution in [-0.4, -0.2) is 55.3 Å². The Morgan fingerprint density at radius 3 is 2.76 bits per heavy atom. The standard InChI is InChI=1S/C18H24N4O3/c1-3-22-10-6-7-12(22)11-19-16(23)17(24)20-15-13-8-4-5-9-14(13)21(2)18(15)25/h4-5,8-9,12,15H,3,6-7,10-11H2,1-2H3,(H,19,23)(H,20,24)/t12-,15-/m0/s1. The van der Waals surface area contributed by atoms with E-state index in [-0.39, 0.29) is 11.9 Å². The zero-order valence-electron chi connectivity index (χ0n) is 14.6. The molecule has 0 saturated carbocycles. The number of carbonyl (C=O) groups excluding carboxylic acids is 3. The topological polar surface area (TPSA) is 81.8 Å². The van der Waals surface area contributed by atoms with Gasteiger partial charge in [-0.15, -0.1) is 0 Å². The third-order valence-corrected chi connectivity index (χ3v) is 5.07. The maximum Gasteiger partial charge on any atom is 0.310 e. The largest absolute Gasteiger partial charge is 0.346 e. The highest BCUT2D eigenvalue weighted by atomic mass is 16.2. The van der Waals surface area contributed by atoms with Crippen LogP contribution in [0.5, 0.6) is 0 Å². The smallest absolute Gasteiger partial charge is 0.310 e. The second-order valence-corrected chi connectivity index (χ2v) is 6.50. The van der Waals surface area contributed by atoms with E-state index in [0.29, 0.717) is 12.1 Å². The fourth-order valence-electron chi connectivity index (χ4n) is 3.65. The van der Waals surface area contributed by atoms with Gasteiger partial charge in [0.05, 0.1) is 0 Å². The average Bonchev–Trinajstić information content (AvgIpc) is 3.18. The molecule has 2 aliphatic rings. The lowest BCUT2D eigenvalue weighted by molar-refractivity contribution is -0.140. The highest BCUT2D eigenvalue weighted by Gasteiger charge is 2.37. The van der Waals surface area contributed by atoms with E-state index in [1.54, 1.807) is 13.1 Å². The normalized spacial score (nSPS) is 22.8. The van der Waals surface area contributed by atoms with Crippen molar-refractivity contribution in [3.63, 3.8) is 0 Å². The summed E-state index contributed by atoms with van der Waals surface area (Å²) < 4.78 is 0. The summed E-state index contributed by atoms with van der Waals surface area (Å²) in [5.74, 6) is -1.71. The van der Waals surface area contributed by atoms with Crippen LogP contribution in [-0.2, 0) is 14.4 Å². The first kappa shape index (κ1) is 17.4. The molecule has 1 saturated heterocycles. The summed E-state index contributed by atoms with van der Waals surface area (Å²) in [6.07, 6.45) is 2.13. The summed E-state index contributed by atoms with van der Waals surface area (Å²) in [6.45, 7) is 4.51. The number of hydrogen-bond acceptors (Lipinski definition) is 4. The van der Waals surface area contributed by atoms with Crippen LogP contribution in [0, 0.1) is 0 Å². The van der Waals surface area contributed by atoms with Crippen molar-refractivity contribution in [1.82, 2.24) is 15.5 Å². The van der Waals surface area contributed by atoms with E-state index in [1.165, 1.54) is 4.90 Å². The molecule has 1 fully saturated rings. The molecule has 0 radical (unpaired) electrons. The van der Waals surface area contributed by atoms with Crippen LogP contribution < -0.4 is 15.5 Å². The Bertz CT molecular complexity index is 691. The van der Waals surface area contributed by atoms with Gasteiger partial charge in [0.15, 0.2) is 0 Å². The summed E-state index contributed by atoms with van der Waals surface area (Å²) in [6, 6.07) is 6.72. The molecule has 2 heterocycles. The lowest BCUT2D eigenvalue weighted by Crippen LogP contribution is -2.47. The summed E-state index contributed by atoms with van der Waals surface area (Å²) in [5.41, 5.74) is 1.46. The van der Waals surface area contributed by atoms with E-state index < -0.39 is 17.9 Å². The van der Waals surface area contributed by atoms with Gasteiger partial charge in [-0.05, 0) is 32.0 Å². The minimum absolute atomic E-state index is 0.240. The van der Waals surface area contributed by atoms with E-state index in [1.807, 2.05) is 18.2 Å². The lowest BCUT2D eigenvalue weighted by Gasteiger charge is -2.22. The zero-order chi connectivity index (χ0) is 18.0. The molecule has 7 nitrogen and oxygen atoms in total. The zero-order valence-corrected chi connectivity index (χ0v) is 14.6. The number of carbonyl (C=O) groups is 3. The van der Waals surface area contributed by atoms with Gasteiger partial charge in [-0.1, -0.05) is 25.1 Å². The van der Waals surface area contributed by atoms with Crippen LogP contribution in [0.15, 0.2) is 24.3 Å². The van der Waals surface area contributed by atoms with E-state index in [0.717, 1.165) is 31.6 Å². The number of nitrogens with one attached hydrogen (secondary N) is 2. The Labute approximate surface area is 147 Å². The molecule has 7 heteroatoms. The van der Waals surface area contributed by atoms with Gasteiger partial charge in [0.25, 0.3) is 5.91 Å². The summed E-state index contributed by atoms with van der Waals surface area (Å²) >= 11 is 0. The van der Waals surface area contributed by atoms with Crippen molar-refractivity contribution in [1.29, 1.82) is 0 Å². The number of benzene rings is 1. The molecule has 0 spiro atoms. The Balaban J connectivity index is 1.59. The maximum atomic E-state index is 12.3. The Kier molecular flexibility index (Phi) is 5.03. The maximum absolute atomic E-state index is 12.3. The van der Waals surface area contributed by atoms with Crippen molar-refractivity contribution in [2.24, 2.45) is 0 Å². The molecule has 3 rings (SSSR count). The summed E-state index contributed by atoms with van der Waals surface area (Å²) in [5, 5.41) is 5.25. The number of anilines is 1. The van der Waals surface area contributed by atoms with Gasteiger partial charge in [0, 0.05) is 30.9 Å². The molecule has 0 unspecified atom stereocenters. The molecule has 2 atom stereocenters. The average molecular weight is 344 g/mol. The number of hydrogen-bond donors (Lipinski definition) is 2. The highest BCUT2D eigenvalue weighted by molar-refractivity contribution is 6.35. The number of fused-ring (bicyclic) bond motifs is 1. The number of rotatable bonds is 4. The van der Waals surface area contributed by atoms with Crippen LogP contribution in [0.3, 0.4) is 0 Å². The summed E-state index contributed by atoms with van der Waals surface area (Å²) in [4.78, 5) is 40.5. The van der Waals surface area contributed by atoms with Crippen molar-refractivity contribution in [3.8, 4) is 0 Å². The quantitative estimate of drug-likeness (QED) is 0.776. The number of para-hydroxylation sites is 1. The second kappa shape index (κ2) is 7.23. The fourth-order valence-corrected chi connectivity index (χ4v) is 3.65. The number of likely N-dealkylation sites (tertiary alicyclic amines) is 1. The molecule has 25 heavy (non-hydrogen) atoms. The van der Waals surface area contributed by atoms with Crippen molar-refractivity contribution < 1.29 is 14.4 Å². The van der Waals surface area contributed by atoms with Crippen molar-refractivity contribution in [2.45, 2.75) is 31.8 Å². The highest BCUT2D eigenvalue weighted by Crippen LogP contribution is 2.34. The van der Waals surface area contributed by atoms with E-state index >= 15 is 0 Å². The minimum Gasteiger partial charge on any atom is -0.346 e. The second-order valence-electron chi connectivity index (χ2n) is 6.50. The van der Waals surface area contributed by atoms with Crippen LogP contribution in [0.1, 0.15) is 31.4 Å². The van der Waals surface area contributed by atoms with Crippen molar-refractivity contribution >= 4 is 23.4 Å². The van der Waals surface area contributed by atoms with Crippen molar-refractivity contribution in [2.75, 3.05) is 31.6 Å². The molecule has 0 aliphatic carbocycles. The van der Waals surface area contributed by atoms with E-state index in [2.05, 4.69) is 22.5 Å². The van der Waals surface area contributed by atoms with Crippen LogP contribution in [0.25, 0.3) is 0 Å². The van der Waals surface area contributed by atoms with E-state index in [9.17, 15) is 14.4 Å².